The fourth-order valence-electron chi connectivity index (χ4n) is 2.84. The summed E-state index contributed by atoms with van der Waals surface area (Å²) in [6.45, 7) is 1.13. The zero-order valence-corrected chi connectivity index (χ0v) is 14.5. The monoisotopic (exact) mass is 345 g/mol. The molecule has 5 heteroatoms. The smallest absolute Gasteiger partial charge is 0.120 e. The zero-order chi connectivity index (χ0) is 17.8. The molecule has 0 unspecified atom stereocenters. The molecule has 0 fully saturated rings. The topological polar surface area (TPSA) is 49.2 Å². The van der Waals surface area contributed by atoms with Crippen molar-refractivity contribution in [3.8, 4) is 22.6 Å². The first-order valence-electron chi connectivity index (χ1n) is 8.44. The van der Waals surface area contributed by atoms with Gasteiger partial charge in [-0.2, -0.15) is 5.10 Å². The summed E-state index contributed by atoms with van der Waals surface area (Å²) in [7, 11) is 1.67. The summed E-state index contributed by atoms with van der Waals surface area (Å²) in [6, 6.07) is 16.3. The van der Waals surface area contributed by atoms with Crippen molar-refractivity contribution in [2.75, 3.05) is 20.3 Å². The Hall–Kier alpha value is -3.18. The van der Waals surface area contributed by atoms with Crippen LogP contribution >= 0.6 is 0 Å². The zero-order valence-electron chi connectivity index (χ0n) is 14.5. The molecule has 0 amide bonds. The molecule has 4 rings (SSSR count). The number of fused-ring (bicyclic) bond motifs is 1. The van der Waals surface area contributed by atoms with Gasteiger partial charge in [-0.1, -0.05) is 12.1 Å². The third-order valence-corrected chi connectivity index (χ3v) is 4.21. The molecule has 5 nitrogen and oxygen atoms in total. The summed E-state index contributed by atoms with van der Waals surface area (Å²) < 4.78 is 12.6. The molecule has 0 aliphatic carbocycles. The van der Waals surface area contributed by atoms with Gasteiger partial charge in [0.15, 0.2) is 0 Å². The van der Waals surface area contributed by atoms with Crippen LogP contribution in [0.1, 0.15) is 0 Å². The molecule has 0 atom stereocenters. The molecular weight excluding hydrogens is 326 g/mol. The van der Waals surface area contributed by atoms with Crippen LogP contribution in [0.2, 0.25) is 0 Å². The summed E-state index contributed by atoms with van der Waals surface area (Å²) in [5.74, 6) is 0.848. The van der Waals surface area contributed by atoms with E-state index in [1.165, 1.54) is 0 Å². The van der Waals surface area contributed by atoms with E-state index in [9.17, 15) is 0 Å². The molecule has 0 bridgehead atoms. The van der Waals surface area contributed by atoms with Crippen LogP contribution in [-0.4, -0.2) is 35.1 Å². The van der Waals surface area contributed by atoms with E-state index in [2.05, 4.69) is 34.3 Å². The second kappa shape index (κ2) is 7.37. The predicted molar refractivity (Wildman–Crippen MR) is 102 cm³/mol. The van der Waals surface area contributed by atoms with Gasteiger partial charge < -0.3 is 9.47 Å². The van der Waals surface area contributed by atoms with Crippen LogP contribution in [-0.2, 0) is 4.74 Å². The third-order valence-electron chi connectivity index (χ3n) is 4.21. The van der Waals surface area contributed by atoms with Crippen LogP contribution in [0.5, 0.6) is 5.75 Å². The van der Waals surface area contributed by atoms with E-state index >= 15 is 0 Å². The van der Waals surface area contributed by atoms with E-state index in [1.807, 2.05) is 41.3 Å². The van der Waals surface area contributed by atoms with E-state index in [0.29, 0.717) is 13.2 Å². The number of ether oxygens (including phenoxy) is 2. The van der Waals surface area contributed by atoms with Crippen LogP contribution < -0.4 is 4.74 Å². The van der Waals surface area contributed by atoms with Crippen molar-refractivity contribution in [3.05, 3.63) is 73.3 Å². The first-order chi connectivity index (χ1) is 12.8. The lowest BCUT2D eigenvalue weighted by Gasteiger charge is -2.08. The SMILES string of the molecule is COCCOc1ccc2cc(-n3cc(-c4ccncc4)cn3)ccc2c1. The highest BCUT2D eigenvalue weighted by Gasteiger charge is 2.05. The third kappa shape index (κ3) is 3.43. The maximum atomic E-state index is 5.67. The minimum atomic E-state index is 0.547. The van der Waals surface area contributed by atoms with E-state index in [-0.39, 0.29) is 0 Å². The van der Waals surface area contributed by atoms with Gasteiger partial charge in [-0.25, -0.2) is 4.68 Å². The van der Waals surface area contributed by atoms with Gasteiger partial charge in [-0.15, -0.1) is 0 Å². The van der Waals surface area contributed by atoms with E-state index in [4.69, 9.17) is 9.47 Å². The summed E-state index contributed by atoms with van der Waals surface area (Å²) >= 11 is 0. The number of nitrogens with zero attached hydrogens (tertiary/aromatic N) is 3. The van der Waals surface area contributed by atoms with Crippen molar-refractivity contribution in [2.24, 2.45) is 0 Å². The van der Waals surface area contributed by atoms with E-state index < -0.39 is 0 Å². The van der Waals surface area contributed by atoms with Crippen LogP contribution in [0.25, 0.3) is 27.6 Å². The quantitative estimate of drug-likeness (QED) is 0.493. The molecule has 2 aromatic heterocycles. The van der Waals surface area contributed by atoms with Crippen molar-refractivity contribution in [3.63, 3.8) is 0 Å². The van der Waals surface area contributed by atoms with Gasteiger partial charge in [-0.05, 0) is 52.7 Å². The molecule has 0 aliphatic rings. The lowest BCUT2D eigenvalue weighted by atomic mass is 10.1. The highest BCUT2D eigenvalue weighted by atomic mass is 16.5. The number of hydrogen-bond donors (Lipinski definition) is 0. The minimum Gasteiger partial charge on any atom is -0.491 e. The van der Waals surface area contributed by atoms with Crippen molar-refractivity contribution < 1.29 is 9.47 Å². The van der Waals surface area contributed by atoms with Crippen LogP contribution in [0.4, 0.5) is 0 Å². The van der Waals surface area contributed by atoms with Crippen molar-refractivity contribution in [1.29, 1.82) is 0 Å². The second-order valence-electron chi connectivity index (χ2n) is 5.94. The van der Waals surface area contributed by atoms with Crippen molar-refractivity contribution >= 4 is 10.8 Å². The van der Waals surface area contributed by atoms with E-state index in [1.54, 1.807) is 19.5 Å². The Labute approximate surface area is 151 Å². The standard InChI is InChI=1S/C21H19N3O2/c1-25-10-11-26-21-5-3-17-12-20(4-2-18(17)13-21)24-15-19(14-23-24)16-6-8-22-9-7-16/h2-9,12-15H,10-11H2,1H3. The lowest BCUT2D eigenvalue weighted by Crippen LogP contribution is -2.04. The molecular formula is C21H19N3O2. The molecule has 4 aromatic rings. The number of aromatic nitrogens is 3. The molecule has 0 N–H and O–H groups in total. The largest absolute Gasteiger partial charge is 0.491 e. The Morgan fingerprint density at radius 2 is 1.69 bits per heavy atom. The molecule has 0 aliphatic heterocycles. The lowest BCUT2D eigenvalue weighted by molar-refractivity contribution is 0.146. The van der Waals surface area contributed by atoms with Crippen LogP contribution in [0.15, 0.2) is 73.3 Å². The average molecular weight is 345 g/mol. The maximum absolute atomic E-state index is 5.67. The van der Waals surface area contributed by atoms with E-state index in [0.717, 1.165) is 33.3 Å². The highest BCUT2D eigenvalue weighted by Crippen LogP contribution is 2.25. The molecule has 0 radical (unpaired) electrons. The van der Waals surface area contributed by atoms with Crippen LogP contribution in [0, 0.1) is 0 Å². The number of benzene rings is 2. The van der Waals surface area contributed by atoms with Gasteiger partial charge in [-0.3, -0.25) is 4.98 Å². The summed E-state index contributed by atoms with van der Waals surface area (Å²) in [5, 5.41) is 6.77. The molecule has 0 spiro atoms. The van der Waals surface area contributed by atoms with Crippen LogP contribution in [0.3, 0.4) is 0 Å². The first-order valence-corrected chi connectivity index (χ1v) is 8.44. The highest BCUT2D eigenvalue weighted by molar-refractivity contribution is 5.85. The molecule has 2 heterocycles. The second-order valence-corrected chi connectivity index (χ2v) is 5.94. The average Bonchev–Trinajstić information content (AvgIpc) is 3.19. The number of pyridine rings is 1. The Kier molecular flexibility index (Phi) is 4.62. The maximum Gasteiger partial charge on any atom is 0.120 e. The summed E-state index contributed by atoms with van der Waals surface area (Å²) in [6.07, 6.45) is 7.47. The Bertz CT molecular complexity index is 1010. The van der Waals surface area contributed by atoms with Gasteiger partial charge in [0.1, 0.15) is 12.4 Å². The van der Waals surface area contributed by atoms with Crippen molar-refractivity contribution in [1.82, 2.24) is 14.8 Å². The number of rotatable bonds is 6. The summed E-state index contributed by atoms with van der Waals surface area (Å²) in [5.41, 5.74) is 3.19. The first kappa shape index (κ1) is 16.3. The number of methoxy groups -OCH3 is 1. The Morgan fingerprint density at radius 1 is 0.885 bits per heavy atom. The normalized spacial score (nSPS) is 11.0. The van der Waals surface area contributed by atoms with Crippen molar-refractivity contribution in [2.45, 2.75) is 0 Å². The molecule has 2 aromatic carbocycles. The number of hydrogen-bond acceptors (Lipinski definition) is 4. The molecule has 0 saturated heterocycles. The molecule has 0 saturated carbocycles. The van der Waals surface area contributed by atoms with Gasteiger partial charge in [0.25, 0.3) is 0 Å². The van der Waals surface area contributed by atoms with Gasteiger partial charge in [0.05, 0.1) is 18.5 Å². The molecule has 130 valence electrons. The minimum absolute atomic E-state index is 0.547. The van der Waals surface area contributed by atoms with Gasteiger partial charge >= 0.3 is 0 Å². The van der Waals surface area contributed by atoms with Gasteiger partial charge in [0, 0.05) is 31.3 Å². The predicted octanol–water partition coefficient (Wildman–Crippen LogP) is 4.11. The Balaban J connectivity index is 1.59. The molecule has 26 heavy (non-hydrogen) atoms. The Morgan fingerprint density at radius 3 is 2.54 bits per heavy atom. The summed E-state index contributed by atoms with van der Waals surface area (Å²) in [4.78, 5) is 4.06. The van der Waals surface area contributed by atoms with Gasteiger partial charge in [0.2, 0.25) is 0 Å². The fourth-order valence-corrected chi connectivity index (χ4v) is 2.84. The fraction of sp³-hybridized carbons (Fsp3) is 0.143.